The number of nitrogens with one attached hydrogen (secondary N) is 1. The first-order valence-electron chi connectivity index (χ1n) is 7.95. The highest BCUT2D eigenvalue weighted by atomic mass is 35.5. The van der Waals surface area contributed by atoms with Crippen LogP contribution in [-0.4, -0.2) is 27.7 Å². The summed E-state index contributed by atoms with van der Waals surface area (Å²) >= 11 is 12.0. The van der Waals surface area contributed by atoms with Crippen LogP contribution >= 0.6 is 23.2 Å². The molecular formula is C17H16Cl2N2O5. The van der Waals surface area contributed by atoms with Crippen molar-refractivity contribution in [3.05, 3.63) is 45.8 Å². The van der Waals surface area contributed by atoms with Gasteiger partial charge in [-0.3, -0.25) is 9.59 Å². The number of carboxylic acids is 1. The van der Waals surface area contributed by atoms with Gasteiger partial charge in [0.1, 0.15) is 6.61 Å². The molecule has 2 aromatic rings. The second kappa shape index (κ2) is 7.55. The van der Waals surface area contributed by atoms with Gasteiger partial charge in [0.15, 0.2) is 17.2 Å². The zero-order valence-corrected chi connectivity index (χ0v) is 15.1. The Bertz CT molecular complexity index is 812. The largest absolute Gasteiger partial charge is 0.482 e. The zero-order chi connectivity index (χ0) is 18.7. The highest BCUT2D eigenvalue weighted by Crippen LogP contribution is 2.35. The normalized spacial score (nSPS) is 15.2. The molecule has 0 radical (unpaired) electrons. The van der Waals surface area contributed by atoms with E-state index < -0.39 is 17.4 Å². The highest BCUT2D eigenvalue weighted by molar-refractivity contribution is 6.37. The van der Waals surface area contributed by atoms with Crippen molar-refractivity contribution >= 4 is 35.1 Å². The number of rotatable bonds is 7. The molecule has 1 heterocycles. The maximum Gasteiger partial charge on any atom is 0.305 e. The summed E-state index contributed by atoms with van der Waals surface area (Å²) in [5.41, 5.74) is -0.644. The summed E-state index contributed by atoms with van der Waals surface area (Å²) in [6.07, 6.45) is 2.02. The summed E-state index contributed by atoms with van der Waals surface area (Å²) in [7, 11) is 0. The number of carbonyl (C=O) groups is 2. The van der Waals surface area contributed by atoms with E-state index in [9.17, 15) is 9.59 Å². The lowest BCUT2D eigenvalue weighted by atomic mass is 9.74. The molecule has 0 aliphatic heterocycles. The van der Waals surface area contributed by atoms with E-state index in [0.29, 0.717) is 34.4 Å². The summed E-state index contributed by atoms with van der Waals surface area (Å²) in [4.78, 5) is 23.3. The molecule has 0 unspecified atom stereocenters. The van der Waals surface area contributed by atoms with E-state index in [-0.39, 0.29) is 18.7 Å². The third-order valence-corrected chi connectivity index (χ3v) is 4.84. The van der Waals surface area contributed by atoms with E-state index >= 15 is 0 Å². The van der Waals surface area contributed by atoms with Crippen molar-refractivity contribution in [2.24, 2.45) is 0 Å². The first-order valence-corrected chi connectivity index (χ1v) is 8.71. The van der Waals surface area contributed by atoms with E-state index in [0.717, 1.165) is 6.42 Å². The molecular weight excluding hydrogens is 383 g/mol. The Morgan fingerprint density at radius 1 is 1.31 bits per heavy atom. The molecule has 26 heavy (non-hydrogen) atoms. The Balaban J connectivity index is 1.62. The van der Waals surface area contributed by atoms with Crippen molar-refractivity contribution in [1.29, 1.82) is 0 Å². The molecule has 0 saturated heterocycles. The molecule has 1 aliphatic carbocycles. The quantitative estimate of drug-likeness (QED) is 0.737. The fourth-order valence-corrected chi connectivity index (χ4v) is 3.30. The Morgan fingerprint density at radius 2 is 2.00 bits per heavy atom. The minimum atomic E-state index is -0.948. The molecule has 1 amide bonds. The van der Waals surface area contributed by atoms with Gasteiger partial charge in [-0.15, -0.1) is 0 Å². The predicted octanol–water partition coefficient (Wildman–Crippen LogP) is 3.69. The number of hydrogen-bond acceptors (Lipinski definition) is 5. The fraction of sp³-hybridized carbons (Fsp3) is 0.353. The van der Waals surface area contributed by atoms with Crippen LogP contribution in [0, 0.1) is 0 Å². The van der Waals surface area contributed by atoms with Crippen LogP contribution in [0.1, 0.15) is 41.9 Å². The number of carboxylic acid groups (broad SMARTS) is 1. The number of benzene rings is 1. The van der Waals surface area contributed by atoms with Crippen LogP contribution in [0.4, 0.5) is 0 Å². The topological polar surface area (TPSA) is 102 Å². The van der Waals surface area contributed by atoms with Crippen molar-refractivity contribution in [2.75, 3.05) is 0 Å². The second-order valence-electron chi connectivity index (χ2n) is 6.18. The molecule has 7 nitrogen and oxygen atoms in total. The smallest absolute Gasteiger partial charge is 0.305 e. The van der Waals surface area contributed by atoms with Gasteiger partial charge in [-0.25, -0.2) is 0 Å². The van der Waals surface area contributed by atoms with Gasteiger partial charge in [0, 0.05) is 6.07 Å². The van der Waals surface area contributed by atoms with E-state index in [1.54, 1.807) is 18.2 Å². The molecule has 1 aromatic heterocycles. The minimum absolute atomic E-state index is 0.00992. The first kappa shape index (κ1) is 18.5. The Hall–Kier alpha value is -2.25. The number of para-hydroxylation sites is 1. The maximum absolute atomic E-state index is 12.3. The van der Waals surface area contributed by atoms with Crippen LogP contribution in [-0.2, 0) is 11.4 Å². The minimum Gasteiger partial charge on any atom is -0.482 e. The predicted molar refractivity (Wildman–Crippen MR) is 93.6 cm³/mol. The van der Waals surface area contributed by atoms with Crippen LogP contribution in [0.15, 0.2) is 28.8 Å². The van der Waals surface area contributed by atoms with Gasteiger partial charge in [0.05, 0.1) is 22.0 Å². The van der Waals surface area contributed by atoms with E-state index in [1.807, 2.05) is 0 Å². The number of ether oxygens (including phenoxy) is 1. The molecule has 0 bridgehead atoms. The summed E-state index contributed by atoms with van der Waals surface area (Å²) in [6, 6.07) is 6.42. The molecule has 0 atom stereocenters. The lowest BCUT2D eigenvalue weighted by molar-refractivity contribution is -0.139. The number of carbonyl (C=O) groups excluding carboxylic acids is 1. The summed E-state index contributed by atoms with van der Waals surface area (Å²) in [5.74, 6) is -0.798. The zero-order valence-electron chi connectivity index (χ0n) is 13.6. The standard InChI is InChI=1S/C17H16Cl2N2O5/c18-11-3-1-4-12(19)15(11)25-9-10-7-13(21-26-10)16(24)20-17(5-2-6-17)8-14(22)23/h1,3-4,7H,2,5-6,8-9H2,(H,20,24)(H,22,23). The monoisotopic (exact) mass is 398 g/mol. The number of nitrogens with zero attached hydrogens (tertiary/aromatic N) is 1. The lowest BCUT2D eigenvalue weighted by Gasteiger charge is -2.41. The van der Waals surface area contributed by atoms with Gasteiger partial charge < -0.3 is 19.7 Å². The fourth-order valence-electron chi connectivity index (χ4n) is 2.80. The van der Waals surface area contributed by atoms with Gasteiger partial charge in [-0.2, -0.15) is 0 Å². The molecule has 0 spiro atoms. The average molecular weight is 399 g/mol. The van der Waals surface area contributed by atoms with Crippen LogP contribution in [0.2, 0.25) is 10.0 Å². The van der Waals surface area contributed by atoms with Crippen LogP contribution < -0.4 is 10.1 Å². The number of hydrogen-bond donors (Lipinski definition) is 2. The molecule has 9 heteroatoms. The second-order valence-corrected chi connectivity index (χ2v) is 6.99. The van der Waals surface area contributed by atoms with Crippen molar-refractivity contribution in [3.63, 3.8) is 0 Å². The summed E-state index contributed by atoms with van der Waals surface area (Å²) < 4.78 is 10.6. The third-order valence-electron chi connectivity index (χ3n) is 4.25. The van der Waals surface area contributed by atoms with Gasteiger partial charge in [0.25, 0.3) is 5.91 Å². The van der Waals surface area contributed by atoms with Crippen molar-refractivity contribution < 1.29 is 24.0 Å². The molecule has 1 fully saturated rings. The molecule has 2 N–H and O–H groups in total. The van der Waals surface area contributed by atoms with E-state index in [2.05, 4.69) is 10.5 Å². The molecule has 138 valence electrons. The van der Waals surface area contributed by atoms with Crippen LogP contribution in [0.3, 0.4) is 0 Å². The van der Waals surface area contributed by atoms with Crippen molar-refractivity contribution in [1.82, 2.24) is 10.5 Å². The maximum atomic E-state index is 12.3. The average Bonchev–Trinajstić information content (AvgIpc) is 3.01. The number of amides is 1. The van der Waals surface area contributed by atoms with Gasteiger partial charge in [0.2, 0.25) is 0 Å². The lowest BCUT2D eigenvalue weighted by Crippen LogP contribution is -2.54. The van der Waals surface area contributed by atoms with Crippen LogP contribution in [0.25, 0.3) is 0 Å². The molecule has 1 saturated carbocycles. The molecule has 3 rings (SSSR count). The molecule has 1 aliphatic rings. The summed E-state index contributed by atoms with van der Waals surface area (Å²) in [6.45, 7) is -0.00992. The van der Waals surface area contributed by atoms with Crippen molar-refractivity contribution in [3.8, 4) is 5.75 Å². The number of halogens is 2. The number of aliphatic carboxylic acids is 1. The van der Waals surface area contributed by atoms with Crippen molar-refractivity contribution in [2.45, 2.75) is 37.8 Å². The number of aromatic nitrogens is 1. The Morgan fingerprint density at radius 3 is 2.58 bits per heavy atom. The van der Waals surface area contributed by atoms with E-state index in [4.69, 9.17) is 37.6 Å². The summed E-state index contributed by atoms with van der Waals surface area (Å²) in [5, 5.41) is 16.2. The Kier molecular flexibility index (Phi) is 5.38. The SMILES string of the molecule is O=C(O)CC1(NC(=O)c2cc(COc3c(Cl)cccc3Cl)on2)CCC1. The third kappa shape index (κ3) is 4.11. The van der Waals surface area contributed by atoms with Crippen LogP contribution in [0.5, 0.6) is 5.75 Å². The van der Waals surface area contributed by atoms with E-state index in [1.165, 1.54) is 6.07 Å². The van der Waals surface area contributed by atoms with Gasteiger partial charge >= 0.3 is 5.97 Å². The molecule has 1 aromatic carbocycles. The van der Waals surface area contributed by atoms with Gasteiger partial charge in [-0.05, 0) is 31.4 Å². The van der Waals surface area contributed by atoms with Gasteiger partial charge in [-0.1, -0.05) is 34.4 Å². The first-order chi connectivity index (χ1) is 12.4. The Labute approximate surface area is 159 Å². The highest BCUT2D eigenvalue weighted by Gasteiger charge is 2.40.